The number of aromatic nitrogens is 1. The summed E-state index contributed by atoms with van der Waals surface area (Å²) in [6.45, 7) is 0. The third kappa shape index (κ3) is 2.33. The van der Waals surface area contributed by atoms with Crippen molar-refractivity contribution in [3.8, 4) is 12.3 Å². The van der Waals surface area contributed by atoms with E-state index in [1.54, 1.807) is 12.4 Å². The fourth-order valence-corrected chi connectivity index (χ4v) is 1.26. The molecule has 1 atom stereocenters. The number of hydrogen-bond donors (Lipinski definition) is 1. The second-order valence-electron chi connectivity index (χ2n) is 2.45. The lowest BCUT2D eigenvalue weighted by Crippen LogP contribution is -2.09. The maximum atomic E-state index is 5.77. The van der Waals surface area contributed by atoms with Gasteiger partial charge in [-0.05, 0) is 27.6 Å². The molecular weight excluding hydrogens is 216 g/mol. The van der Waals surface area contributed by atoms with Gasteiger partial charge in [-0.1, -0.05) is 0 Å². The minimum Gasteiger partial charge on any atom is -0.323 e. The molecule has 2 nitrogen and oxygen atoms in total. The fourth-order valence-electron chi connectivity index (χ4n) is 0.876. The summed E-state index contributed by atoms with van der Waals surface area (Å²) >= 11 is 3.31. The lowest BCUT2D eigenvalue weighted by Gasteiger charge is -2.07. The standard InChI is InChI=1S/C9H9BrN2/c1-2-3-9(11)7-4-8(10)6-12-5-7/h1,4-6,9H,3,11H2. The van der Waals surface area contributed by atoms with Gasteiger partial charge >= 0.3 is 0 Å². The highest BCUT2D eigenvalue weighted by atomic mass is 79.9. The molecule has 62 valence electrons. The van der Waals surface area contributed by atoms with Gasteiger partial charge in [0.2, 0.25) is 0 Å². The fraction of sp³-hybridized carbons (Fsp3) is 0.222. The number of pyridine rings is 1. The summed E-state index contributed by atoms with van der Waals surface area (Å²) in [5.41, 5.74) is 6.73. The van der Waals surface area contributed by atoms with Crippen molar-refractivity contribution in [2.75, 3.05) is 0 Å². The van der Waals surface area contributed by atoms with Gasteiger partial charge in [-0.3, -0.25) is 4.98 Å². The summed E-state index contributed by atoms with van der Waals surface area (Å²) in [5, 5.41) is 0. The lowest BCUT2D eigenvalue weighted by atomic mass is 10.1. The SMILES string of the molecule is C#CCC(N)c1cncc(Br)c1. The van der Waals surface area contributed by atoms with Crippen LogP contribution < -0.4 is 5.73 Å². The third-order valence-electron chi connectivity index (χ3n) is 1.49. The van der Waals surface area contributed by atoms with Crippen molar-refractivity contribution in [3.05, 3.63) is 28.5 Å². The van der Waals surface area contributed by atoms with E-state index in [9.17, 15) is 0 Å². The van der Waals surface area contributed by atoms with E-state index in [2.05, 4.69) is 26.8 Å². The molecule has 0 aliphatic heterocycles. The summed E-state index contributed by atoms with van der Waals surface area (Å²) in [7, 11) is 0. The van der Waals surface area contributed by atoms with Crippen molar-refractivity contribution in [3.63, 3.8) is 0 Å². The van der Waals surface area contributed by atoms with Crippen LogP contribution in [0.5, 0.6) is 0 Å². The van der Waals surface area contributed by atoms with Crippen LogP contribution in [0.2, 0.25) is 0 Å². The molecule has 1 aromatic heterocycles. The van der Waals surface area contributed by atoms with Crippen molar-refractivity contribution >= 4 is 15.9 Å². The molecule has 0 amide bonds. The molecule has 1 heterocycles. The normalized spacial score (nSPS) is 12.1. The number of nitrogens with zero attached hydrogens (tertiary/aromatic N) is 1. The van der Waals surface area contributed by atoms with Crippen molar-refractivity contribution in [2.24, 2.45) is 5.73 Å². The van der Waals surface area contributed by atoms with E-state index in [0.717, 1.165) is 10.0 Å². The molecule has 12 heavy (non-hydrogen) atoms. The summed E-state index contributed by atoms with van der Waals surface area (Å²) in [4.78, 5) is 3.99. The predicted molar refractivity (Wildman–Crippen MR) is 52.3 cm³/mol. The Kier molecular flexibility index (Phi) is 3.27. The predicted octanol–water partition coefficient (Wildman–Crippen LogP) is 1.87. The molecule has 0 aromatic carbocycles. The zero-order valence-electron chi connectivity index (χ0n) is 6.50. The Morgan fingerprint density at radius 2 is 2.42 bits per heavy atom. The number of rotatable bonds is 2. The van der Waals surface area contributed by atoms with Crippen molar-refractivity contribution < 1.29 is 0 Å². The molecule has 1 unspecified atom stereocenters. The average molecular weight is 225 g/mol. The topological polar surface area (TPSA) is 38.9 Å². The van der Waals surface area contributed by atoms with E-state index in [0.29, 0.717) is 6.42 Å². The van der Waals surface area contributed by atoms with E-state index < -0.39 is 0 Å². The summed E-state index contributed by atoms with van der Waals surface area (Å²) in [5.74, 6) is 2.52. The minimum atomic E-state index is -0.111. The lowest BCUT2D eigenvalue weighted by molar-refractivity contribution is 0.749. The molecule has 0 aliphatic rings. The first-order chi connectivity index (χ1) is 5.74. The van der Waals surface area contributed by atoms with Crippen LogP contribution in [-0.4, -0.2) is 4.98 Å². The van der Waals surface area contributed by atoms with Gasteiger partial charge in [-0.2, -0.15) is 0 Å². The minimum absolute atomic E-state index is 0.111. The Bertz CT molecular complexity index is 304. The van der Waals surface area contributed by atoms with Crippen molar-refractivity contribution in [1.82, 2.24) is 4.98 Å². The molecule has 1 aromatic rings. The van der Waals surface area contributed by atoms with E-state index in [1.807, 2.05) is 6.07 Å². The second kappa shape index (κ2) is 4.24. The van der Waals surface area contributed by atoms with Gasteiger partial charge in [0.15, 0.2) is 0 Å². The van der Waals surface area contributed by atoms with Crippen LogP contribution in [-0.2, 0) is 0 Å². The van der Waals surface area contributed by atoms with E-state index in [1.165, 1.54) is 0 Å². The molecule has 2 N–H and O–H groups in total. The van der Waals surface area contributed by atoms with Crippen molar-refractivity contribution in [1.29, 1.82) is 0 Å². The van der Waals surface area contributed by atoms with Gasteiger partial charge in [-0.25, -0.2) is 0 Å². The maximum absolute atomic E-state index is 5.77. The average Bonchev–Trinajstić information content (AvgIpc) is 2.05. The second-order valence-corrected chi connectivity index (χ2v) is 3.37. The highest BCUT2D eigenvalue weighted by Gasteiger charge is 2.03. The Hall–Kier alpha value is -0.850. The summed E-state index contributed by atoms with van der Waals surface area (Å²) in [6.07, 6.45) is 9.13. The molecule has 0 bridgehead atoms. The van der Waals surface area contributed by atoms with Gasteiger partial charge in [0.25, 0.3) is 0 Å². The molecule has 0 aliphatic carbocycles. The van der Waals surface area contributed by atoms with Crippen LogP contribution in [0, 0.1) is 12.3 Å². The molecule has 1 rings (SSSR count). The van der Waals surface area contributed by atoms with Crippen LogP contribution in [0.25, 0.3) is 0 Å². The van der Waals surface area contributed by atoms with Crippen LogP contribution in [0.1, 0.15) is 18.0 Å². The Labute approximate surface area is 80.3 Å². The highest BCUT2D eigenvalue weighted by molar-refractivity contribution is 9.10. The Balaban J connectivity index is 2.82. The summed E-state index contributed by atoms with van der Waals surface area (Å²) in [6, 6.07) is 1.81. The van der Waals surface area contributed by atoms with Crippen molar-refractivity contribution in [2.45, 2.75) is 12.5 Å². The number of terminal acetylenes is 1. The third-order valence-corrected chi connectivity index (χ3v) is 1.93. The number of halogens is 1. The molecule has 0 radical (unpaired) electrons. The first-order valence-electron chi connectivity index (χ1n) is 3.53. The van der Waals surface area contributed by atoms with Gasteiger partial charge in [0.1, 0.15) is 0 Å². The molecule has 3 heteroatoms. The smallest absolute Gasteiger partial charge is 0.0421 e. The molecule has 0 saturated carbocycles. The molecule has 0 fully saturated rings. The largest absolute Gasteiger partial charge is 0.323 e. The highest BCUT2D eigenvalue weighted by Crippen LogP contribution is 2.16. The van der Waals surface area contributed by atoms with Crippen LogP contribution in [0.4, 0.5) is 0 Å². The molecule has 0 spiro atoms. The monoisotopic (exact) mass is 224 g/mol. The molecular formula is C9H9BrN2. The van der Waals surface area contributed by atoms with Gasteiger partial charge in [0.05, 0.1) is 0 Å². The van der Waals surface area contributed by atoms with Crippen LogP contribution in [0.3, 0.4) is 0 Å². The van der Waals surface area contributed by atoms with Gasteiger partial charge in [0, 0.05) is 29.3 Å². The first kappa shape index (κ1) is 9.24. The Morgan fingerprint density at radius 1 is 1.67 bits per heavy atom. The van der Waals surface area contributed by atoms with Gasteiger partial charge < -0.3 is 5.73 Å². The number of nitrogens with two attached hydrogens (primary N) is 1. The Morgan fingerprint density at radius 3 is 3.00 bits per heavy atom. The van der Waals surface area contributed by atoms with E-state index >= 15 is 0 Å². The zero-order chi connectivity index (χ0) is 8.97. The van der Waals surface area contributed by atoms with Gasteiger partial charge in [-0.15, -0.1) is 12.3 Å². The summed E-state index contributed by atoms with van der Waals surface area (Å²) < 4.78 is 0.924. The van der Waals surface area contributed by atoms with Crippen LogP contribution in [0.15, 0.2) is 22.9 Å². The quantitative estimate of drug-likeness (QED) is 0.780. The number of hydrogen-bond acceptors (Lipinski definition) is 2. The van der Waals surface area contributed by atoms with E-state index in [4.69, 9.17) is 12.2 Å². The maximum Gasteiger partial charge on any atom is 0.0421 e. The zero-order valence-corrected chi connectivity index (χ0v) is 8.08. The first-order valence-corrected chi connectivity index (χ1v) is 4.33. The van der Waals surface area contributed by atoms with Crippen LogP contribution >= 0.6 is 15.9 Å². The molecule has 0 saturated heterocycles. The van der Waals surface area contributed by atoms with E-state index in [-0.39, 0.29) is 6.04 Å².